The first kappa shape index (κ1) is 8.29. The van der Waals surface area contributed by atoms with Crippen LogP contribution in [0, 0.1) is 0 Å². The van der Waals surface area contributed by atoms with Crippen molar-refractivity contribution in [2.45, 2.75) is 24.8 Å². The van der Waals surface area contributed by atoms with E-state index in [0.29, 0.717) is 25.8 Å². The number of hydrogen-bond donors (Lipinski definition) is 1. The lowest BCUT2D eigenvalue weighted by molar-refractivity contribution is -0.151. The molecule has 0 aliphatic carbocycles. The number of carbonyl (C=O) groups is 2. The van der Waals surface area contributed by atoms with Crippen LogP contribution in [0.25, 0.3) is 0 Å². The molecule has 70 valence electrons. The van der Waals surface area contributed by atoms with Crippen molar-refractivity contribution in [2.24, 2.45) is 0 Å². The summed E-state index contributed by atoms with van der Waals surface area (Å²) in [4.78, 5) is 23.8. The third kappa shape index (κ3) is 0.913. The summed E-state index contributed by atoms with van der Waals surface area (Å²) in [5.74, 6) is -0.946. The lowest BCUT2D eigenvalue weighted by Gasteiger charge is -2.26. The fourth-order valence-electron chi connectivity index (χ4n) is 2.24. The highest BCUT2D eigenvalue weighted by Gasteiger charge is 2.55. The number of amides is 1. The minimum atomic E-state index is -0.950. The van der Waals surface area contributed by atoms with E-state index < -0.39 is 11.5 Å². The Morgan fingerprint density at radius 2 is 2.31 bits per heavy atom. The monoisotopic (exact) mass is 181 g/mol. The van der Waals surface area contributed by atoms with Gasteiger partial charge in [-0.25, -0.2) is 4.79 Å². The van der Waals surface area contributed by atoms with Crippen LogP contribution in [0.5, 0.6) is 0 Å². The molecule has 0 radical (unpaired) electrons. The average Bonchev–Trinajstić information content (AvgIpc) is 2.51. The fourth-order valence-corrected chi connectivity index (χ4v) is 2.24. The summed E-state index contributed by atoms with van der Waals surface area (Å²) in [6.07, 6.45) is 1.22. The Morgan fingerprint density at radius 3 is 2.85 bits per heavy atom. The molecule has 1 N–H and O–H groups in total. The fraction of sp³-hybridized carbons (Fsp3) is 0.556. The maximum Gasteiger partial charge on any atom is 0.329 e. The van der Waals surface area contributed by atoms with Crippen molar-refractivity contribution < 1.29 is 14.7 Å². The number of carbonyl (C=O) groups excluding carboxylic acids is 1. The molecule has 0 aromatic carbocycles. The topological polar surface area (TPSA) is 57.6 Å². The van der Waals surface area contributed by atoms with E-state index in [4.69, 9.17) is 5.11 Å². The lowest BCUT2D eigenvalue weighted by Crippen LogP contribution is -2.47. The Balaban J connectivity index is 2.40. The Kier molecular flexibility index (Phi) is 1.49. The van der Waals surface area contributed by atoms with Gasteiger partial charge in [0.15, 0.2) is 0 Å². The molecule has 2 aliphatic heterocycles. The van der Waals surface area contributed by atoms with Crippen molar-refractivity contribution >= 4 is 11.9 Å². The molecule has 2 fully saturated rings. The second-order valence-electron chi connectivity index (χ2n) is 3.74. The summed E-state index contributed by atoms with van der Waals surface area (Å²) < 4.78 is 0. The zero-order chi connectivity index (χ0) is 9.64. The van der Waals surface area contributed by atoms with Crippen molar-refractivity contribution in [3.63, 3.8) is 0 Å². The number of carboxylic acids is 1. The maximum absolute atomic E-state index is 11.3. The Hall–Kier alpha value is -1.32. The summed E-state index contributed by atoms with van der Waals surface area (Å²) in [6.45, 7) is 4.16. The normalized spacial score (nSPS) is 32.5. The van der Waals surface area contributed by atoms with Crippen molar-refractivity contribution in [1.29, 1.82) is 0 Å². The molecule has 2 heterocycles. The molecule has 0 spiro atoms. The van der Waals surface area contributed by atoms with Gasteiger partial charge in [-0.05, 0) is 6.42 Å². The van der Waals surface area contributed by atoms with Crippen LogP contribution >= 0.6 is 0 Å². The predicted molar refractivity (Wildman–Crippen MR) is 45.1 cm³/mol. The summed E-state index contributed by atoms with van der Waals surface area (Å²) in [6, 6.07) is 0. The smallest absolute Gasteiger partial charge is 0.329 e. The van der Waals surface area contributed by atoms with E-state index >= 15 is 0 Å². The molecule has 1 atom stereocenters. The largest absolute Gasteiger partial charge is 0.479 e. The standard InChI is InChI=1S/C9H11NO3/c1-6-4-9(8(12)13)3-2-7(11)10(9)5-6/h1-5H2,(H,12,13)/t9-/m1/s1. The summed E-state index contributed by atoms with van der Waals surface area (Å²) >= 11 is 0. The number of hydrogen-bond acceptors (Lipinski definition) is 2. The van der Waals surface area contributed by atoms with Crippen molar-refractivity contribution in [3.8, 4) is 0 Å². The van der Waals surface area contributed by atoms with Gasteiger partial charge in [0.05, 0.1) is 0 Å². The number of fused-ring (bicyclic) bond motifs is 1. The molecule has 4 nitrogen and oxygen atoms in total. The molecule has 1 amide bonds. The van der Waals surface area contributed by atoms with Gasteiger partial charge in [-0.1, -0.05) is 12.2 Å². The third-order valence-corrected chi connectivity index (χ3v) is 2.89. The molecule has 13 heavy (non-hydrogen) atoms. The third-order valence-electron chi connectivity index (χ3n) is 2.89. The molecule has 0 saturated carbocycles. The van der Waals surface area contributed by atoms with Gasteiger partial charge in [0.1, 0.15) is 5.54 Å². The van der Waals surface area contributed by atoms with E-state index in [-0.39, 0.29) is 5.91 Å². The van der Waals surface area contributed by atoms with Gasteiger partial charge in [0.2, 0.25) is 5.91 Å². The van der Waals surface area contributed by atoms with Gasteiger partial charge >= 0.3 is 5.97 Å². The molecule has 0 aromatic rings. The van der Waals surface area contributed by atoms with E-state index in [9.17, 15) is 9.59 Å². The predicted octanol–water partition coefficient (Wildman–Crippen LogP) is 0.392. The molecule has 0 unspecified atom stereocenters. The summed E-state index contributed by atoms with van der Waals surface area (Å²) in [5.41, 5.74) is -0.107. The van der Waals surface area contributed by atoms with Crippen molar-refractivity contribution in [2.75, 3.05) is 6.54 Å². The highest BCUT2D eigenvalue weighted by Crippen LogP contribution is 2.41. The van der Waals surface area contributed by atoms with Gasteiger partial charge in [-0.15, -0.1) is 0 Å². The van der Waals surface area contributed by atoms with E-state index in [2.05, 4.69) is 6.58 Å². The first-order valence-corrected chi connectivity index (χ1v) is 4.27. The molecule has 4 heteroatoms. The highest BCUT2D eigenvalue weighted by molar-refractivity contribution is 5.92. The van der Waals surface area contributed by atoms with E-state index in [0.717, 1.165) is 5.57 Å². The number of rotatable bonds is 1. The number of carboxylic acid groups (broad SMARTS) is 1. The van der Waals surface area contributed by atoms with Gasteiger partial charge in [-0.3, -0.25) is 4.79 Å². The van der Waals surface area contributed by atoms with Crippen LogP contribution in [-0.4, -0.2) is 34.0 Å². The second-order valence-corrected chi connectivity index (χ2v) is 3.74. The quantitative estimate of drug-likeness (QED) is 0.595. The molecule has 2 rings (SSSR count). The van der Waals surface area contributed by atoms with Gasteiger partial charge in [0.25, 0.3) is 0 Å². The SMILES string of the molecule is C=C1CN2C(=O)CC[C@]2(C(=O)O)C1. The van der Waals surface area contributed by atoms with E-state index in [1.807, 2.05) is 0 Å². The zero-order valence-corrected chi connectivity index (χ0v) is 7.25. The first-order chi connectivity index (χ1) is 6.06. The molecule has 0 aromatic heterocycles. The Bertz CT molecular complexity index is 310. The van der Waals surface area contributed by atoms with Gasteiger partial charge < -0.3 is 10.0 Å². The molecular weight excluding hydrogens is 170 g/mol. The Morgan fingerprint density at radius 1 is 1.62 bits per heavy atom. The number of nitrogens with zero attached hydrogens (tertiary/aromatic N) is 1. The van der Waals surface area contributed by atoms with Gasteiger partial charge in [-0.2, -0.15) is 0 Å². The van der Waals surface area contributed by atoms with Crippen molar-refractivity contribution in [3.05, 3.63) is 12.2 Å². The molecule has 0 bridgehead atoms. The molecular formula is C9H11NO3. The van der Waals surface area contributed by atoms with Crippen LogP contribution in [0.1, 0.15) is 19.3 Å². The summed E-state index contributed by atoms with van der Waals surface area (Å²) in [5, 5.41) is 9.07. The second kappa shape index (κ2) is 2.34. The maximum atomic E-state index is 11.3. The van der Waals surface area contributed by atoms with Crippen LogP contribution in [0.2, 0.25) is 0 Å². The highest BCUT2D eigenvalue weighted by atomic mass is 16.4. The van der Waals surface area contributed by atoms with Crippen LogP contribution in [-0.2, 0) is 9.59 Å². The average molecular weight is 181 g/mol. The van der Waals surface area contributed by atoms with Crippen LogP contribution in [0.4, 0.5) is 0 Å². The number of aliphatic carboxylic acids is 1. The minimum absolute atomic E-state index is 0.0546. The molecule has 2 aliphatic rings. The molecule has 2 saturated heterocycles. The van der Waals surface area contributed by atoms with Gasteiger partial charge in [0, 0.05) is 19.4 Å². The minimum Gasteiger partial charge on any atom is -0.479 e. The van der Waals surface area contributed by atoms with E-state index in [1.54, 1.807) is 0 Å². The first-order valence-electron chi connectivity index (χ1n) is 4.27. The zero-order valence-electron chi connectivity index (χ0n) is 7.25. The van der Waals surface area contributed by atoms with Crippen molar-refractivity contribution in [1.82, 2.24) is 4.90 Å². The van der Waals surface area contributed by atoms with E-state index in [1.165, 1.54) is 4.90 Å². The summed E-state index contributed by atoms with van der Waals surface area (Å²) in [7, 11) is 0. The lowest BCUT2D eigenvalue weighted by atomic mass is 9.93. The van der Waals surface area contributed by atoms with Crippen LogP contribution in [0.3, 0.4) is 0 Å². The van der Waals surface area contributed by atoms with Crippen LogP contribution in [0.15, 0.2) is 12.2 Å². The van der Waals surface area contributed by atoms with Crippen LogP contribution < -0.4 is 0 Å². The Labute approximate surface area is 75.8 Å².